The van der Waals surface area contributed by atoms with E-state index in [1.54, 1.807) is 24.3 Å². The lowest BCUT2D eigenvalue weighted by Gasteiger charge is -2.35. The first kappa shape index (κ1) is 26.7. The summed E-state index contributed by atoms with van der Waals surface area (Å²) in [5, 5.41) is 5.74. The number of ether oxygens (including phenoxy) is 1. The van der Waals surface area contributed by atoms with Gasteiger partial charge in [-0.1, -0.05) is 56.3 Å². The van der Waals surface area contributed by atoms with Crippen LogP contribution in [0.3, 0.4) is 0 Å². The van der Waals surface area contributed by atoms with Crippen molar-refractivity contribution in [3.63, 3.8) is 0 Å². The van der Waals surface area contributed by atoms with Crippen LogP contribution >= 0.6 is 0 Å². The Hall–Kier alpha value is -2.91. The number of alkyl halides is 3. The molecule has 6 nitrogen and oxygen atoms in total. The van der Waals surface area contributed by atoms with E-state index in [0.29, 0.717) is 43.9 Å². The van der Waals surface area contributed by atoms with Crippen LogP contribution in [0.1, 0.15) is 49.0 Å². The molecular weight excluding hydrogens is 459 g/mol. The van der Waals surface area contributed by atoms with E-state index < -0.39 is 17.8 Å². The lowest BCUT2D eigenvalue weighted by molar-refractivity contribution is -0.137. The van der Waals surface area contributed by atoms with Gasteiger partial charge >= 0.3 is 6.18 Å². The van der Waals surface area contributed by atoms with Crippen LogP contribution < -0.4 is 10.6 Å². The predicted molar refractivity (Wildman–Crippen MR) is 126 cm³/mol. The van der Waals surface area contributed by atoms with Gasteiger partial charge < -0.3 is 15.4 Å². The molecule has 2 aromatic carbocycles. The van der Waals surface area contributed by atoms with Crippen molar-refractivity contribution in [3.8, 4) is 0 Å². The van der Waals surface area contributed by atoms with Crippen LogP contribution in [0.5, 0.6) is 0 Å². The number of amides is 2. The van der Waals surface area contributed by atoms with E-state index in [2.05, 4.69) is 15.5 Å². The van der Waals surface area contributed by atoms with Crippen LogP contribution in [-0.2, 0) is 20.5 Å². The van der Waals surface area contributed by atoms with Crippen molar-refractivity contribution in [1.29, 1.82) is 0 Å². The van der Waals surface area contributed by atoms with Gasteiger partial charge in [0.1, 0.15) is 6.04 Å². The van der Waals surface area contributed by atoms with Crippen LogP contribution in [0.2, 0.25) is 0 Å². The summed E-state index contributed by atoms with van der Waals surface area (Å²) in [7, 11) is 0. The summed E-state index contributed by atoms with van der Waals surface area (Å²) in [6.45, 7) is 6.21. The fourth-order valence-electron chi connectivity index (χ4n) is 4.08. The number of carbonyl (C=O) groups excluding carboxylic acids is 2. The molecule has 1 saturated heterocycles. The van der Waals surface area contributed by atoms with E-state index in [-0.39, 0.29) is 30.3 Å². The molecular formula is C26H32F3N3O3. The summed E-state index contributed by atoms with van der Waals surface area (Å²) >= 11 is 0. The average molecular weight is 492 g/mol. The van der Waals surface area contributed by atoms with Crippen molar-refractivity contribution < 1.29 is 27.5 Å². The lowest BCUT2D eigenvalue weighted by Crippen LogP contribution is -2.46. The molecule has 2 aromatic rings. The van der Waals surface area contributed by atoms with E-state index in [1.165, 1.54) is 12.1 Å². The van der Waals surface area contributed by atoms with Gasteiger partial charge in [0.25, 0.3) is 0 Å². The molecule has 0 aromatic heterocycles. The zero-order valence-electron chi connectivity index (χ0n) is 20.0. The van der Waals surface area contributed by atoms with Crippen LogP contribution in [-0.4, -0.2) is 49.6 Å². The number of nitrogens with one attached hydrogen (secondary N) is 2. The van der Waals surface area contributed by atoms with Crippen molar-refractivity contribution in [2.75, 3.05) is 32.8 Å². The molecule has 9 heteroatoms. The number of carbonyl (C=O) groups is 2. The minimum Gasteiger partial charge on any atom is -0.379 e. The molecule has 3 rings (SSSR count). The van der Waals surface area contributed by atoms with Gasteiger partial charge in [-0.15, -0.1) is 0 Å². The molecule has 1 heterocycles. The van der Waals surface area contributed by atoms with Crippen molar-refractivity contribution in [2.24, 2.45) is 5.92 Å². The maximum atomic E-state index is 13.3. The lowest BCUT2D eigenvalue weighted by atomic mass is 10.0. The molecule has 0 radical (unpaired) electrons. The highest BCUT2D eigenvalue weighted by molar-refractivity contribution is 5.88. The number of hydrogen-bond acceptors (Lipinski definition) is 4. The largest absolute Gasteiger partial charge is 0.416 e. The standard InChI is InChI=1S/C26H32F3N3O3/c1-18(2)16-23(33)31-24(20-6-4-3-5-7-20)25(34)30-17-22(32-12-14-35-15-13-32)19-8-10-21(11-9-19)26(27,28)29/h3-11,18,22,24H,12-17H2,1-2H3,(H,30,34)(H,31,33). The van der Waals surface area contributed by atoms with Gasteiger partial charge in [-0.05, 0) is 29.2 Å². The quantitative estimate of drug-likeness (QED) is 0.554. The second kappa shape index (κ2) is 12.2. The molecule has 0 spiro atoms. The highest BCUT2D eigenvalue weighted by Gasteiger charge is 2.31. The van der Waals surface area contributed by atoms with Crippen LogP contribution in [0, 0.1) is 5.92 Å². The van der Waals surface area contributed by atoms with Gasteiger partial charge in [0.2, 0.25) is 11.8 Å². The Balaban J connectivity index is 1.78. The van der Waals surface area contributed by atoms with Crippen LogP contribution in [0.4, 0.5) is 13.2 Å². The van der Waals surface area contributed by atoms with Crippen LogP contribution in [0.15, 0.2) is 54.6 Å². The Morgan fingerprint density at radius 1 is 0.971 bits per heavy atom. The summed E-state index contributed by atoms with van der Waals surface area (Å²) in [6.07, 6.45) is -4.13. The number of hydrogen-bond donors (Lipinski definition) is 2. The Labute approximate surface area is 203 Å². The monoisotopic (exact) mass is 491 g/mol. The smallest absolute Gasteiger partial charge is 0.379 e. The molecule has 0 saturated carbocycles. The highest BCUT2D eigenvalue weighted by Crippen LogP contribution is 2.31. The van der Waals surface area contributed by atoms with E-state index in [9.17, 15) is 22.8 Å². The van der Waals surface area contributed by atoms with Crippen molar-refractivity contribution in [2.45, 2.75) is 38.5 Å². The zero-order chi connectivity index (χ0) is 25.4. The number of benzene rings is 2. The first-order chi connectivity index (χ1) is 16.6. The summed E-state index contributed by atoms with van der Waals surface area (Å²) in [5.74, 6) is -0.463. The molecule has 0 aliphatic carbocycles. The molecule has 2 N–H and O–H groups in total. The van der Waals surface area contributed by atoms with Gasteiger partial charge in [-0.25, -0.2) is 0 Å². The van der Waals surface area contributed by atoms with Crippen molar-refractivity contribution in [1.82, 2.24) is 15.5 Å². The third-order valence-electron chi connectivity index (χ3n) is 5.87. The molecule has 2 atom stereocenters. The molecule has 1 aliphatic heterocycles. The number of halogens is 3. The molecule has 0 bridgehead atoms. The summed E-state index contributed by atoms with van der Waals surface area (Å²) in [6, 6.07) is 12.8. The first-order valence-corrected chi connectivity index (χ1v) is 11.8. The molecule has 35 heavy (non-hydrogen) atoms. The summed E-state index contributed by atoms with van der Waals surface area (Å²) in [5.41, 5.74) is 0.600. The second-order valence-electron chi connectivity index (χ2n) is 9.04. The number of nitrogens with zero attached hydrogens (tertiary/aromatic N) is 1. The first-order valence-electron chi connectivity index (χ1n) is 11.8. The topological polar surface area (TPSA) is 70.7 Å². The maximum absolute atomic E-state index is 13.3. The van der Waals surface area contributed by atoms with Crippen LogP contribution in [0.25, 0.3) is 0 Å². The third-order valence-corrected chi connectivity index (χ3v) is 5.87. The normalized spacial score (nSPS) is 16.5. The maximum Gasteiger partial charge on any atom is 0.416 e. The Morgan fingerprint density at radius 3 is 2.17 bits per heavy atom. The molecule has 1 fully saturated rings. The Bertz CT molecular complexity index is 959. The van der Waals surface area contributed by atoms with Gasteiger partial charge in [-0.2, -0.15) is 13.2 Å². The second-order valence-corrected chi connectivity index (χ2v) is 9.04. The van der Waals surface area contributed by atoms with Crippen molar-refractivity contribution in [3.05, 3.63) is 71.3 Å². The van der Waals surface area contributed by atoms with E-state index in [4.69, 9.17) is 4.74 Å². The predicted octanol–water partition coefficient (Wildman–Crippen LogP) is 4.10. The Morgan fingerprint density at radius 2 is 1.60 bits per heavy atom. The molecule has 1 aliphatic rings. The number of rotatable bonds is 9. The molecule has 2 amide bonds. The summed E-state index contributed by atoms with van der Waals surface area (Å²) in [4.78, 5) is 27.8. The summed E-state index contributed by atoms with van der Waals surface area (Å²) < 4.78 is 44.6. The zero-order valence-corrected chi connectivity index (χ0v) is 20.0. The van der Waals surface area contributed by atoms with E-state index in [0.717, 1.165) is 12.1 Å². The van der Waals surface area contributed by atoms with Gasteiger partial charge in [-0.3, -0.25) is 14.5 Å². The molecule has 190 valence electrons. The van der Waals surface area contributed by atoms with Gasteiger partial charge in [0.15, 0.2) is 0 Å². The fraction of sp³-hybridized carbons (Fsp3) is 0.462. The fourth-order valence-corrected chi connectivity index (χ4v) is 4.08. The van der Waals surface area contributed by atoms with Gasteiger partial charge in [0, 0.05) is 26.1 Å². The average Bonchev–Trinajstić information content (AvgIpc) is 2.83. The van der Waals surface area contributed by atoms with Gasteiger partial charge in [0.05, 0.1) is 24.8 Å². The number of morpholine rings is 1. The van der Waals surface area contributed by atoms with E-state index in [1.807, 2.05) is 19.9 Å². The highest BCUT2D eigenvalue weighted by atomic mass is 19.4. The SMILES string of the molecule is CC(C)CC(=O)NC(C(=O)NCC(c1ccc(C(F)(F)F)cc1)N1CCOCC1)c1ccccc1. The molecule has 2 unspecified atom stereocenters. The minimum atomic E-state index is -4.42. The van der Waals surface area contributed by atoms with Crippen molar-refractivity contribution >= 4 is 11.8 Å². The van der Waals surface area contributed by atoms with E-state index >= 15 is 0 Å². The minimum absolute atomic E-state index is 0.139. The Kier molecular flexibility index (Phi) is 9.28. The third kappa shape index (κ3) is 7.80.